The summed E-state index contributed by atoms with van der Waals surface area (Å²) in [5.41, 5.74) is -0.480. The topological polar surface area (TPSA) is 98.7 Å². The molecule has 0 atom stereocenters. The molecule has 0 heterocycles. The van der Waals surface area contributed by atoms with E-state index in [1.54, 1.807) is 6.07 Å². The van der Waals surface area contributed by atoms with Crippen molar-refractivity contribution in [3.05, 3.63) is 53.8 Å². The van der Waals surface area contributed by atoms with Crippen LogP contribution in [0.15, 0.2) is 42.5 Å². The number of rotatable bonds is 3. The molecule has 4 N–H and O–H groups in total. The van der Waals surface area contributed by atoms with Crippen molar-refractivity contribution in [2.75, 3.05) is 10.6 Å². The fourth-order valence-corrected chi connectivity index (χ4v) is 1.66. The summed E-state index contributed by atoms with van der Waals surface area (Å²) in [6.45, 7) is 0. The van der Waals surface area contributed by atoms with Gasteiger partial charge in [-0.25, -0.2) is 14.0 Å². The lowest BCUT2D eigenvalue weighted by Gasteiger charge is -2.10. The SMILES string of the molecule is O=C(Nc1ccccc1F)Nc1cccc(C(=O)O)c1O. The smallest absolute Gasteiger partial charge is 0.339 e. The van der Waals surface area contributed by atoms with Gasteiger partial charge in [0.2, 0.25) is 0 Å². The number of para-hydroxylation sites is 2. The highest BCUT2D eigenvalue weighted by atomic mass is 19.1. The zero-order valence-electron chi connectivity index (χ0n) is 10.6. The van der Waals surface area contributed by atoms with Crippen LogP contribution >= 0.6 is 0 Å². The summed E-state index contributed by atoms with van der Waals surface area (Å²) in [4.78, 5) is 22.6. The van der Waals surface area contributed by atoms with Gasteiger partial charge in [0.1, 0.15) is 11.4 Å². The molecule has 0 aromatic heterocycles. The fraction of sp³-hybridized carbons (Fsp3) is 0. The number of hydrogen-bond donors (Lipinski definition) is 4. The summed E-state index contributed by atoms with van der Waals surface area (Å²) in [6.07, 6.45) is 0. The van der Waals surface area contributed by atoms with Gasteiger partial charge >= 0.3 is 12.0 Å². The van der Waals surface area contributed by atoms with Gasteiger partial charge in [0.25, 0.3) is 0 Å². The average Bonchev–Trinajstić information content (AvgIpc) is 2.43. The quantitative estimate of drug-likeness (QED) is 0.653. The van der Waals surface area contributed by atoms with Crippen LogP contribution in [0.3, 0.4) is 0 Å². The first-order valence-corrected chi connectivity index (χ1v) is 5.87. The minimum Gasteiger partial charge on any atom is -0.505 e. The van der Waals surface area contributed by atoms with Crippen LogP contribution in [0.4, 0.5) is 20.6 Å². The number of anilines is 2. The van der Waals surface area contributed by atoms with E-state index < -0.39 is 23.6 Å². The molecule has 6 nitrogen and oxygen atoms in total. The molecule has 0 fully saturated rings. The number of carboxylic acid groups (broad SMARTS) is 1. The molecule has 0 aliphatic rings. The molecular weight excluding hydrogens is 279 g/mol. The van der Waals surface area contributed by atoms with Gasteiger partial charge in [0.15, 0.2) is 5.75 Å². The van der Waals surface area contributed by atoms with E-state index in [0.717, 1.165) is 0 Å². The van der Waals surface area contributed by atoms with E-state index in [0.29, 0.717) is 0 Å². The van der Waals surface area contributed by atoms with Crippen molar-refractivity contribution in [1.82, 2.24) is 0 Å². The van der Waals surface area contributed by atoms with E-state index in [1.165, 1.54) is 36.4 Å². The summed E-state index contributed by atoms with van der Waals surface area (Å²) in [6, 6.07) is 8.63. The molecule has 21 heavy (non-hydrogen) atoms. The van der Waals surface area contributed by atoms with E-state index in [4.69, 9.17) is 5.11 Å². The number of halogens is 1. The summed E-state index contributed by atoms with van der Waals surface area (Å²) in [7, 11) is 0. The zero-order chi connectivity index (χ0) is 15.4. The van der Waals surface area contributed by atoms with E-state index in [2.05, 4.69) is 10.6 Å². The van der Waals surface area contributed by atoms with Crippen LogP contribution in [0.2, 0.25) is 0 Å². The molecule has 0 aliphatic heterocycles. The molecule has 108 valence electrons. The average molecular weight is 290 g/mol. The molecule has 0 radical (unpaired) electrons. The highest BCUT2D eigenvalue weighted by Gasteiger charge is 2.15. The molecule has 0 bridgehead atoms. The third-order valence-electron chi connectivity index (χ3n) is 2.64. The molecule has 2 amide bonds. The minimum atomic E-state index is -1.33. The highest BCUT2D eigenvalue weighted by Crippen LogP contribution is 2.27. The van der Waals surface area contributed by atoms with Crippen molar-refractivity contribution in [3.63, 3.8) is 0 Å². The largest absolute Gasteiger partial charge is 0.505 e. The standard InChI is InChI=1S/C14H11FN2O4/c15-9-5-1-2-6-10(9)16-14(21)17-11-7-3-4-8(12(11)18)13(19)20/h1-7,18H,(H,19,20)(H2,16,17,21). The van der Waals surface area contributed by atoms with Gasteiger partial charge in [-0.2, -0.15) is 0 Å². The number of phenols is 1. The Balaban J connectivity index is 2.15. The second-order valence-corrected chi connectivity index (χ2v) is 4.07. The van der Waals surface area contributed by atoms with Gasteiger partial charge in [-0.1, -0.05) is 18.2 Å². The lowest BCUT2D eigenvalue weighted by atomic mass is 10.1. The van der Waals surface area contributed by atoms with E-state index in [-0.39, 0.29) is 16.9 Å². The number of carboxylic acids is 1. The van der Waals surface area contributed by atoms with Crippen molar-refractivity contribution in [2.45, 2.75) is 0 Å². The first kappa shape index (κ1) is 14.3. The zero-order valence-corrected chi connectivity index (χ0v) is 10.6. The van der Waals surface area contributed by atoms with Gasteiger partial charge < -0.3 is 20.8 Å². The van der Waals surface area contributed by atoms with Crippen LogP contribution in [-0.4, -0.2) is 22.2 Å². The molecule has 7 heteroatoms. The predicted octanol–water partition coefficient (Wildman–Crippen LogP) is 2.87. The summed E-state index contributed by atoms with van der Waals surface area (Å²) in [5.74, 6) is -2.52. The van der Waals surface area contributed by atoms with Gasteiger partial charge in [-0.15, -0.1) is 0 Å². The Morgan fingerprint density at radius 1 is 0.952 bits per heavy atom. The molecule has 0 aliphatic carbocycles. The van der Waals surface area contributed by atoms with Crippen molar-refractivity contribution in [1.29, 1.82) is 0 Å². The lowest BCUT2D eigenvalue weighted by molar-refractivity contribution is 0.0694. The first-order chi connectivity index (χ1) is 9.99. The van der Waals surface area contributed by atoms with Crippen LogP contribution in [0.25, 0.3) is 0 Å². The van der Waals surface area contributed by atoms with Crippen molar-refractivity contribution in [3.8, 4) is 5.75 Å². The van der Waals surface area contributed by atoms with E-state index in [9.17, 15) is 19.1 Å². The maximum Gasteiger partial charge on any atom is 0.339 e. The monoisotopic (exact) mass is 290 g/mol. The Hall–Kier alpha value is -3.09. The fourth-order valence-electron chi connectivity index (χ4n) is 1.66. The van der Waals surface area contributed by atoms with E-state index >= 15 is 0 Å². The van der Waals surface area contributed by atoms with Gasteiger partial charge in [-0.05, 0) is 24.3 Å². The van der Waals surface area contributed by atoms with Crippen molar-refractivity contribution < 1.29 is 24.2 Å². The summed E-state index contributed by atoms with van der Waals surface area (Å²) in [5, 5.41) is 23.1. The highest BCUT2D eigenvalue weighted by molar-refractivity contribution is 6.02. The molecule has 2 rings (SSSR count). The molecular formula is C14H11FN2O4. The summed E-state index contributed by atoms with van der Waals surface area (Å²) >= 11 is 0. The third-order valence-corrected chi connectivity index (χ3v) is 2.64. The molecule has 0 spiro atoms. The van der Waals surface area contributed by atoms with Crippen LogP contribution in [-0.2, 0) is 0 Å². The Morgan fingerprint density at radius 3 is 2.24 bits per heavy atom. The lowest BCUT2D eigenvalue weighted by Crippen LogP contribution is -2.20. The van der Waals surface area contributed by atoms with Crippen molar-refractivity contribution >= 4 is 23.4 Å². The Kier molecular flexibility index (Phi) is 4.03. The van der Waals surface area contributed by atoms with Gasteiger partial charge in [-0.3, -0.25) is 0 Å². The first-order valence-electron chi connectivity index (χ1n) is 5.87. The molecule has 0 saturated carbocycles. The van der Waals surface area contributed by atoms with Gasteiger partial charge in [0, 0.05) is 0 Å². The predicted molar refractivity (Wildman–Crippen MR) is 74.1 cm³/mol. The van der Waals surface area contributed by atoms with Crippen LogP contribution in [0, 0.1) is 5.82 Å². The van der Waals surface area contributed by atoms with Crippen LogP contribution in [0.5, 0.6) is 5.75 Å². The van der Waals surface area contributed by atoms with Gasteiger partial charge in [0.05, 0.1) is 11.4 Å². The number of benzene rings is 2. The summed E-state index contributed by atoms with van der Waals surface area (Å²) < 4.78 is 13.4. The molecule has 0 unspecified atom stereocenters. The normalized spacial score (nSPS) is 9.95. The molecule has 0 saturated heterocycles. The Morgan fingerprint density at radius 2 is 1.57 bits per heavy atom. The molecule has 2 aromatic carbocycles. The van der Waals surface area contributed by atoms with Crippen LogP contribution < -0.4 is 10.6 Å². The Labute approximate surface area is 118 Å². The second-order valence-electron chi connectivity index (χ2n) is 4.07. The number of amides is 2. The number of carbonyl (C=O) groups is 2. The number of aromatic hydroxyl groups is 1. The maximum absolute atomic E-state index is 13.4. The Bertz CT molecular complexity index is 703. The van der Waals surface area contributed by atoms with E-state index in [1.807, 2.05) is 0 Å². The number of aromatic carboxylic acids is 1. The van der Waals surface area contributed by atoms with Crippen molar-refractivity contribution in [2.24, 2.45) is 0 Å². The number of urea groups is 1. The van der Waals surface area contributed by atoms with Crippen LogP contribution in [0.1, 0.15) is 10.4 Å². The number of carbonyl (C=O) groups excluding carboxylic acids is 1. The molecule has 2 aromatic rings. The third kappa shape index (κ3) is 3.27. The second kappa shape index (κ2) is 5.91. The maximum atomic E-state index is 13.4. The minimum absolute atomic E-state index is 0.0381. The number of hydrogen-bond acceptors (Lipinski definition) is 3. The number of nitrogens with one attached hydrogen (secondary N) is 2.